The first kappa shape index (κ1) is 21.6. The third kappa shape index (κ3) is 6.79. The highest BCUT2D eigenvalue weighted by Crippen LogP contribution is 2.26. The van der Waals surface area contributed by atoms with Crippen molar-refractivity contribution in [3.05, 3.63) is 23.8 Å². The lowest BCUT2D eigenvalue weighted by molar-refractivity contribution is -0.192. The zero-order chi connectivity index (χ0) is 19.9. The number of carboxylic acid groups (broad SMARTS) is 1. The van der Waals surface area contributed by atoms with Gasteiger partial charge in [-0.25, -0.2) is 4.79 Å². The summed E-state index contributed by atoms with van der Waals surface area (Å²) in [6.07, 6.45) is -3.42. The number of alkyl halides is 3. The van der Waals surface area contributed by atoms with Crippen LogP contribution in [0.25, 0.3) is 0 Å². The molecule has 1 aromatic carbocycles. The van der Waals surface area contributed by atoms with E-state index in [1.165, 1.54) is 0 Å². The van der Waals surface area contributed by atoms with Gasteiger partial charge in [0.2, 0.25) is 5.91 Å². The van der Waals surface area contributed by atoms with Gasteiger partial charge in [0.15, 0.2) is 0 Å². The molecule has 10 heteroatoms. The molecule has 2 unspecified atom stereocenters. The van der Waals surface area contributed by atoms with Crippen LogP contribution in [-0.2, 0) is 16.0 Å². The molecule has 2 rings (SSSR count). The monoisotopic (exact) mass is 378 g/mol. The molecule has 0 aromatic heterocycles. The number of amides is 1. The number of aliphatic carboxylic acids is 1. The number of nitrogens with two attached hydrogens (primary N) is 1. The molecule has 0 bridgehead atoms. The quantitative estimate of drug-likeness (QED) is 0.713. The molecular formula is C16H21F3N2O5. The second-order valence-corrected chi connectivity index (χ2v) is 5.69. The second-order valence-electron chi connectivity index (χ2n) is 5.69. The average molecular weight is 378 g/mol. The number of benzene rings is 1. The zero-order valence-corrected chi connectivity index (χ0v) is 14.3. The van der Waals surface area contributed by atoms with E-state index in [0.717, 1.165) is 36.4 Å². The Morgan fingerprint density at radius 1 is 1.23 bits per heavy atom. The van der Waals surface area contributed by atoms with Gasteiger partial charge in [0.05, 0.1) is 20.3 Å². The minimum absolute atomic E-state index is 0.197. The van der Waals surface area contributed by atoms with Gasteiger partial charge in [0.1, 0.15) is 11.5 Å². The molecule has 0 aliphatic carbocycles. The third-order valence-corrected chi connectivity index (χ3v) is 3.74. The number of methoxy groups -OCH3 is 2. The second kappa shape index (κ2) is 9.27. The lowest BCUT2D eigenvalue weighted by atomic mass is 9.96. The first-order chi connectivity index (χ1) is 12.1. The molecule has 26 heavy (non-hydrogen) atoms. The lowest BCUT2D eigenvalue weighted by Crippen LogP contribution is -2.36. The van der Waals surface area contributed by atoms with Crippen molar-refractivity contribution < 1.29 is 37.3 Å². The van der Waals surface area contributed by atoms with Crippen LogP contribution in [0.15, 0.2) is 18.2 Å². The standard InChI is InChI=1S/C14H20N2O3.C2HF3O2/c1-18-11-4-9(5-12(7-11)19-2)3-10-6-13(14(15)17)16-8-10;3-2(4,5)1(6)7/h4-5,7,10,13,16H,3,6,8H2,1-2H3,(H2,15,17);(H,6,7). The maximum atomic E-state index is 11.1. The van der Waals surface area contributed by atoms with Crippen LogP contribution in [0.3, 0.4) is 0 Å². The number of carboxylic acids is 1. The fourth-order valence-electron chi connectivity index (χ4n) is 2.50. The Kier molecular flexibility index (Phi) is 7.69. The molecule has 7 nitrogen and oxygen atoms in total. The van der Waals surface area contributed by atoms with Crippen molar-refractivity contribution in [1.29, 1.82) is 0 Å². The van der Waals surface area contributed by atoms with E-state index >= 15 is 0 Å². The van der Waals surface area contributed by atoms with E-state index in [0.29, 0.717) is 5.92 Å². The summed E-state index contributed by atoms with van der Waals surface area (Å²) in [5.74, 6) is -1.05. The molecular weight excluding hydrogens is 357 g/mol. The van der Waals surface area contributed by atoms with Crippen LogP contribution in [0, 0.1) is 5.92 Å². The molecule has 1 aromatic rings. The van der Waals surface area contributed by atoms with Crippen LogP contribution in [0.5, 0.6) is 11.5 Å². The molecule has 1 saturated heterocycles. The summed E-state index contributed by atoms with van der Waals surface area (Å²) in [7, 11) is 3.28. The van der Waals surface area contributed by atoms with Crippen molar-refractivity contribution in [3.63, 3.8) is 0 Å². The molecule has 1 amide bonds. The van der Waals surface area contributed by atoms with Crippen LogP contribution in [0.1, 0.15) is 12.0 Å². The third-order valence-electron chi connectivity index (χ3n) is 3.74. The van der Waals surface area contributed by atoms with Crippen molar-refractivity contribution >= 4 is 11.9 Å². The first-order valence-corrected chi connectivity index (χ1v) is 7.61. The van der Waals surface area contributed by atoms with Crippen molar-refractivity contribution in [2.45, 2.75) is 25.1 Å². The summed E-state index contributed by atoms with van der Waals surface area (Å²) in [4.78, 5) is 20.0. The van der Waals surface area contributed by atoms with Crippen LogP contribution in [0.4, 0.5) is 13.2 Å². The maximum absolute atomic E-state index is 11.1. The number of halogens is 3. The van der Waals surface area contributed by atoms with Crippen molar-refractivity contribution in [2.24, 2.45) is 11.7 Å². The average Bonchev–Trinajstić information content (AvgIpc) is 3.02. The number of hydrogen-bond donors (Lipinski definition) is 3. The van der Waals surface area contributed by atoms with Crippen LogP contribution in [0.2, 0.25) is 0 Å². The fourth-order valence-corrected chi connectivity index (χ4v) is 2.50. The Balaban J connectivity index is 0.000000412. The highest BCUT2D eigenvalue weighted by atomic mass is 19.4. The molecule has 0 spiro atoms. The molecule has 1 fully saturated rings. The molecule has 2 atom stereocenters. The van der Waals surface area contributed by atoms with Gasteiger partial charge in [-0.2, -0.15) is 13.2 Å². The lowest BCUT2D eigenvalue weighted by Gasteiger charge is -2.12. The first-order valence-electron chi connectivity index (χ1n) is 7.61. The predicted octanol–water partition coefficient (Wildman–Crippen LogP) is 1.34. The number of nitrogens with one attached hydrogen (secondary N) is 1. The van der Waals surface area contributed by atoms with Crippen LogP contribution >= 0.6 is 0 Å². The maximum Gasteiger partial charge on any atom is 0.490 e. The Labute approximate surface area is 148 Å². The van der Waals surface area contributed by atoms with E-state index in [1.807, 2.05) is 18.2 Å². The van der Waals surface area contributed by atoms with Gasteiger partial charge >= 0.3 is 12.1 Å². The van der Waals surface area contributed by atoms with E-state index in [-0.39, 0.29) is 11.9 Å². The van der Waals surface area contributed by atoms with Gasteiger partial charge in [0.25, 0.3) is 0 Å². The molecule has 4 N–H and O–H groups in total. The van der Waals surface area contributed by atoms with Gasteiger partial charge in [0, 0.05) is 6.07 Å². The molecule has 0 saturated carbocycles. The number of carbonyl (C=O) groups excluding carboxylic acids is 1. The Hall–Kier alpha value is -2.49. The summed E-state index contributed by atoms with van der Waals surface area (Å²) >= 11 is 0. The molecule has 1 aliphatic heterocycles. The number of carbonyl (C=O) groups is 2. The summed E-state index contributed by atoms with van der Waals surface area (Å²) in [5.41, 5.74) is 6.45. The molecule has 1 aliphatic rings. The van der Waals surface area contributed by atoms with Gasteiger partial charge in [-0.15, -0.1) is 0 Å². The van der Waals surface area contributed by atoms with Gasteiger partial charge < -0.3 is 25.6 Å². The van der Waals surface area contributed by atoms with Crippen molar-refractivity contribution in [2.75, 3.05) is 20.8 Å². The van der Waals surface area contributed by atoms with Crippen molar-refractivity contribution in [1.82, 2.24) is 5.32 Å². The zero-order valence-electron chi connectivity index (χ0n) is 14.3. The highest BCUT2D eigenvalue weighted by Gasteiger charge is 2.38. The van der Waals surface area contributed by atoms with Gasteiger partial charge in [-0.05, 0) is 43.0 Å². The van der Waals surface area contributed by atoms with Crippen molar-refractivity contribution in [3.8, 4) is 11.5 Å². The van der Waals surface area contributed by atoms with Crippen LogP contribution in [-0.4, -0.2) is 50.0 Å². The normalized spacial score (nSPS) is 19.3. The topological polar surface area (TPSA) is 111 Å². The largest absolute Gasteiger partial charge is 0.497 e. The predicted molar refractivity (Wildman–Crippen MR) is 86.0 cm³/mol. The fraction of sp³-hybridized carbons (Fsp3) is 0.500. The molecule has 1 heterocycles. The summed E-state index contributed by atoms with van der Waals surface area (Å²) in [5, 5.41) is 10.3. The number of ether oxygens (including phenoxy) is 2. The SMILES string of the molecule is COc1cc(CC2CNC(C(N)=O)C2)cc(OC)c1.O=C(O)C(F)(F)F. The molecule has 146 valence electrons. The summed E-state index contributed by atoms with van der Waals surface area (Å²) in [6.45, 7) is 0.813. The smallest absolute Gasteiger partial charge is 0.490 e. The van der Waals surface area contributed by atoms with Gasteiger partial charge in [-0.1, -0.05) is 0 Å². The van der Waals surface area contributed by atoms with Crippen LogP contribution < -0.4 is 20.5 Å². The Bertz CT molecular complexity index is 615. The molecule has 0 radical (unpaired) electrons. The highest BCUT2D eigenvalue weighted by molar-refractivity contribution is 5.80. The van der Waals surface area contributed by atoms with Gasteiger partial charge in [-0.3, -0.25) is 4.79 Å². The van der Waals surface area contributed by atoms with E-state index < -0.39 is 12.1 Å². The number of hydrogen-bond acceptors (Lipinski definition) is 5. The Morgan fingerprint density at radius 3 is 2.08 bits per heavy atom. The van der Waals surface area contributed by atoms with E-state index in [9.17, 15) is 18.0 Å². The number of rotatable bonds is 5. The Morgan fingerprint density at radius 2 is 1.73 bits per heavy atom. The van der Waals surface area contributed by atoms with E-state index in [2.05, 4.69) is 5.32 Å². The van der Waals surface area contributed by atoms with E-state index in [4.69, 9.17) is 25.1 Å². The van der Waals surface area contributed by atoms with E-state index in [1.54, 1.807) is 14.2 Å². The summed E-state index contributed by atoms with van der Waals surface area (Å²) in [6, 6.07) is 5.65. The minimum atomic E-state index is -5.08. The number of primary amides is 1. The minimum Gasteiger partial charge on any atom is -0.497 e. The summed E-state index contributed by atoms with van der Waals surface area (Å²) < 4.78 is 42.2.